The fourth-order valence-electron chi connectivity index (χ4n) is 3.15. The number of hydrazone groups is 1. The molecule has 2 aromatic heterocycles. The van der Waals surface area contributed by atoms with Gasteiger partial charge < -0.3 is 19.2 Å². The molecule has 1 saturated heterocycles. The first kappa shape index (κ1) is 17.1. The molecular weight excluding hydrogens is 360 g/mol. The number of nitrogens with one attached hydrogen (secondary N) is 1. The topological polar surface area (TPSA) is 141 Å². The number of esters is 2. The van der Waals surface area contributed by atoms with Gasteiger partial charge in [0.25, 0.3) is 5.56 Å². The van der Waals surface area contributed by atoms with Crippen molar-refractivity contribution in [3.8, 4) is 0 Å². The van der Waals surface area contributed by atoms with Gasteiger partial charge in [-0.3, -0.25) is 19.0 Å². The molecule has 0 aromatic carbocycles. The molecule has 2 aromatic rings. The molecule has 1 N–H and O–H groups in total. The van der Waals surface area contributed by atoms with Crippen LogP contribution in [0, 0.1) is 0 Å². The third kappa shape index (κ3) is 2.73. The zero-order valence-electron chi connectivity index (χ0n) is 14.7. The summed E-state index contributed by atoms with van der Waals surface area (Å²) >= 11 is 0. The van der Waals surface area contributed by atoms with E-state index in [2.05, 4.69) is 20.1 Å². The van der Waals surface area contributed by atoms with Crippen LogP contribution in [-0.4, -0.2) is 63.0 Å². The van der Waals surface area contributed by atoms with E-state index in [1.807, 2.05) is 0 Å². The zero-order valence-corrected chi connectivity index (χ0v) is 14.7. The van der Waals surface area contributed by atoms with Gasteiger partial charge in [-0.15, -0.1) is 0 Å². The average molecular weight is 376 g/mol. The van der Waals surface area contributed by atoms with Gasteiger partial charge in [-0.2, -0.15) is 5.10 Å². The molecule has 0 unspecified atom stereocenters. The number of imidazole rings is 1. The summed E-state index contributed by atoms with van der Waals surface area (Å²) in [5, 5.41) is 5.85. The predicted molar refractivity (Wildman–Crippen MR) is 90.1 cm³/mol. The Morgan fingerprint density at radius 1 is 1.33 bits per heavy atom. The number of fused-ring (bicyclic) bond motifs is 5. The smallest absolute Gasteiger partial charge is 0.303 e. The first-order chi connectivity index (χ1) is 12.9. The normalized spacial score (nSPS) is 23.6. The molecule has 4 rings (SSSR count). The van der Waals surface area contributed by atoms with Gasteiger partial charge in [-0.1, -0.05) is 0 Å². The monoisotopic (exact) mass is 376 g/mol. The summed E-state index contributed by atoms with van der Waals surface area (Å²) < 4.78 is 18.0. The number of anilines is 1. The second kappa shape index (κ2) is 6.16. The molecule has 0 aliphatic carbocycles. The Morgan fingerprint density at radius 3 is 2.81 bits per heavy atom. The lowest BCUT2D eigenvalue weighted by Crippen LogP contribution is -2.38. The number of carbonyl (C=O) groups is 2. The minimum absolute atomic E-state index is 0.123. The Labute approximate surface area is 151 Å². The number of hydrogen-bond donors (Lipinski definition) is 1. The van der Waals surface area contributed by atoms with Crippen molar-refractivity contribution in [2.24, 2.45) is 5.10 Å². The van der Waals surface area contributed by atoms with Gasteiger partial charge in [-0.25, -0.2) is 15.0 Å². The highest BCUT2D eigenvalue weighted by molar-refractivity contribution is 5.98. The van der Waals surface area contributed by atoms with Crippen molar-refractivity contribution in [3.05, 3.63) is 16.7 Å². The molecule has 27 heavy (non-hydrogen) atoms. The van der Waals surface area contributed by atoms with E-state index in [4.69, 9.17) is 14.2 Å². The second-order valence-electron chi connectivity index (χ2n) is 6.09. The van der Waals surface area contributed by atoms with Gasteiger partial charge in [0.15, 0.2) is 23.5 Å². The maximum absolute atomic E-state index is 12.1. The fraction of sp³-hybridized carbons (Fsp3) is 0.467. The van der Waals surface area contributed by atoms with E-state index in [0.29, 0.717) is 17.3 Å². The first-order valence-electron chi connectivity index (χ1n) is 8.10. The van der Waals surface area contributed by atoms with E-state index in [1.54, 1.807) is 11.6 Å². The lowest BCUT2D eigenvalue weighted by atomic mass is 10.1. The summed E-state index contributed by atoms with van der Waals surface area (Å²) in [4.78, 5) is 45.7. The molecule has 12 nitrogen and oxygen atoms in total. The van der Waals surface area contributed by atoms with Crippen molar-refractivity contribution in [1.29, 1.82) is 0 Å². The van der Waals surface area contributed by atoms with Gasteiger partial charge in [0.1, 0.15) is 18.4 Å². The molecule has 0 amide bonds. The molecule has 2 aliphatic rings. The third-order valence-electron chi connectivity index (χ3n) is 4.18. The second-order valence-corrected chi connectivity index (χ2v) is 6.09. The van der Waals surface area contributed by atoms with Crippen LogP contribution >= 0.6 is 0 Å². The van der Waals surface area contributed by atoms with Gasteiger partial charge in [0.2, 0.25) is 5.95 Å². The molecule has 2 aliphatic heterocycles. The van der Waals surface area contributed by atoms with Crippen molar-refractivity contribution in [3.63, 3.8) is 0 Å². The van der Waals surface area contributed by atoms with Crippen molar-refractivity contribution in [2.75, 3.05) is 18.7 Å². The number of nitrogens with zero attached hydrogens (tertiary/aromatic N) is 5. The van der Waals surface area contributed by atoms with Crippen LogP contribution < -0.4 is 10.6 Å². The van der Waals surface area contributed by atoms with E-state index in [0.717, 1.165) is 0 Å². The van der Waals surface area contributed by atoms with E-state index >= 15 is 0 Å². The number of hydrogen-bond acceptors (Lipinski definition) is 10. The number of aromatic nitrogens is 4. The summed E-state index contributed by atoms with van der Waals surface area (Å²) in [6.07, 6.45) is -1.16. The van der Waals surface area contributed by atoms with Gasteiger partial charge in [0, 0.05) is 20.9 Å². The number of H-pyrrole nitrogens is 1. The molecule has 0 spiro atoms. The van der Waals surface area contributed by atoms with E-state index < -0.39 is 35.9 Å². The lowest BCUT2D eigenvalue weighted by Gasteiger charge is -2.26. The highest BCUT2D eigenvalue weighted by Gasteiger charge is 2.49. The van der Waals surface area contributed by atoms with E-state index in [9.17, 15) is 14.4 Å². The van der Waals surface area contributed by atoms with Crippen molar-refractivity contribution in [1.82, 2.24) is 19.5 Å². The van der Waals surface area contributed by atoms with Gasteiger partial charge in [0.05, 0.1) is 6.33 Å². The predicted octanol–water partition coefficient (Wildman–Crippen LogP) is -0.682. The number of carbonyl (C=O) groups excluding carboxylic acids is 2. The van der Waals surface area contributed by atoms with Crippen molar-refractivity contribution < 1.29 is 23.8 Å². The fourth-order valence-corrected chi connectivity index (χ4v) is 3.15. The van der Waals surface area contributed by atoms with E-state index in [1.165, 1.54) is 25.2 Å². The summed E-state index contributed by atoms with van der Waals surface area (Å²) in [5.41, 5.74) is 0.418. The van der Waals surface area contributed by atoms with Crippen molar-refractivity contribution in [2.45, 2.75) is 32.3 Å². The molecule has 1 fully saturated rings. The molecule has 0 saturated carbocycles. The molecule has 0 bridgehead atoms. The summed E-state index contributed by atoms with van der Waals surface area (Å²) in [6, 6.07) is 0. The standard InChI is InChI=1S/C15H16N6O6/c1-6(22)25-4-8-11(26-7(2)23)9-14(27-8)21-12-10(13(24)17-5-16-12)18-15(21)20(3)19-9/h5,8,11,14H,4H2,1-3H3,(H,16,17,24)/t8-,11-,14-/m1/s1. The quantitative estimate of drug-likeness (QED) is 0.689. The van der Waals surface area contributed by atoms with Gasteiger partial charge in [-0.05, 0) is 0 Å². The van der Waals surface area contributed by atoms with Crippen molar-refractivity contribution >= 4 is 34.8 Å². The Bertz CT molecular complexity index is 1030. The van der Waals surface area contributed by atoms with Crippen LogP contribution in [0.15, 0.2) is 16.2 Å². The Morgan fingerprint density at radius 2 is 2.11 bits per heavy atom. The average Bonchev–Trinajstić information content (AvgIpc) is 3.13. The highest BCUT2D eigenvalue weighted by Crippen LogP contribution is 2.37. The zero-order chi connectivity index (χ0) is 19.3. The number of rotatable bonds is 3. The minimum Gasteiger partial charge on any atom is -0.463 e. The molecule has 142 valence electrons. The van der Waals surface area contributed by atoms with Crippen LogP contribution in [0.1, 0.15) is 20.1 Å². The van der Waals surface area contributed by atoms with Crippen LogP contribution in [0.25, 0.3) is 11.2 Å². The van der Waals surface area contributed by atoms with Crippen LogP contribution in [0.3, 0.4) is 0 Å². The minimum atomic E-state index is -0.859. The Hall–Kier alpha value is -3.28. The Balaban J connectivity index is 1.80. The molecule has 0 radical (unpaired) electrons. The Kier molecular flexibility index (Phi) is 3.91. The summed E-state index contributed by atoms with van der Waals surface area (Å²) in [5.74, 6) is -0.674. The third-order valence-corrected chi connectivity index (χ3v) is 4.18. The highest BCUT2D eigenvalue weighted by atomic mass is 16.6. The van der Waals surface area contributed by atoms with Crippen LogP contribution in [-0.2, 0) is 23.8 Å². The van der Waals surface area contributed by atoms with Gasteiger partial charge >= 0.3 is 11.9 Å². The molecule has 4 heterocycles. The molecule has 12 heteroatoms. The number of aromatic amines is 1. The number of ether oxygens (including phenoxy) is 3. The summed E-state index contributed by atoms with van der Waals surface area (Å²) in [6.45, 7) is 2.41. The largest absolute Gasteiger partial charge is 0.463 e. The first-order valence-corrected chi connectivity index (χ1v) is 8.10. The van der Waals surface area contributed by atoms with Crippen LogP contribution in [0.4, 0.5) is 5.95 Å². The van der Waals surface area contributed by atoms with E-state index in [-0.39, 0.29) is 12.1 Å². The summed E-state index contributed by atoms with van der Waals surface area (Å²) in [7, 11) is 1.64. The maximum Gasteiger partial charge on any atom is 0.303 e. The maximum atomic E-state index is 12.1. The lowest BCUT2D eigenvalue weighted by molar-refractivity contribution is -0.154. The van der Waals surface area contributed by atoms with Crippen LogP contribution in [0.2, 0.25) is 0 Å². The SMILES string of the molecule is CC(=O)OC[C@H]1O[C@@H]2C(=NN(C)c3nc4c(=O)[nH]cnc4n32)[C@@H]1OC(C)=O. The van der Waals surface area contributed by atoms with Crippen LogP contribution in [0.5, 0.6) is 0 Å². The molecule has 3 atom stereocenters. The molecular formula is C15H16N6O6.